The van der Waals surface area contributed by atoms with Crippen molar-refractivity contribution in [3.8, 4) is 6.07 Å². The average molecular weight is 231 g/mol. The molecule has 2 unspecified atom stereocenters. The van der Waals surface area contributed by atoms with Crippen LogP contribution in [0.2, 0.25) is 0 Å². The molecule has 1 aromatic rings. The second-order valence-corrected chi connectivity index (χ2v) is 4.55. The second-order valence-electron chi connectivity index (χ2n) is 4.55. The molecule has 2 heterocycles. The van der Waals surface area contributed by atoms with Crippen LogP contribution in [0.4, 0.5) is 5.82 Å². The minimum absolute atomic E-state index is 0.343. The summed E-state index contributed by atoms with van der Waals surface area (Å²) in [6.45, 7) is 4.42. The summed E-state index contributed by atoms with van der Waals surface area (Å²) in [7, 11) is 0. The van der Waals surface area contributed by atoms with Gasteiger partial charge in [0.05, 0.1) is 12.4 Å². The Morgan fingerprint density at radius 1 is 1.29 bits per heavy atom. The maximum atomic E-state index is 8.65. The van der Waals surface area contributed by atoms with Crippen molar-refractivity contribution < 1.29 is 0 Å². The normalized spacial score (nSPS) is 25.2. The summed E-state index contributed by atoms with van der Waals surface area (Å²) in [5.41, 5.74) is 3.62. The molecule has 1 aliphatic heterocycles. The third-order valence-corrected chi connectivity index (χ3v) is 3.20. The highest BCUT2D eigenvalue weighted by Crippen LogP contribution is 2.22. The zero-order valence-corrected chi connectivity index (χ0v) is 10.2. The summed E-state index contributed by atoms with van der Waals surface area (Å²) < 4.78 is 0. The highest BCUT2D eigenvalue weighted by molar-refractivity contribution is 5.32. The van der Waals surface area contributed by atoms with Gasteiger partial charge in [-0.1, -0.05) is 6.42 Å². The summed E-state index contributed by atoms with van der Waals surface area (Å²) in [4.78, 5) is 8.17. The third kappa shape index (κ3) is 2.71. The van der Waals surface area contributed by atoms with E-state index in [0.29, 0.717) is 23.6 Å². The highest BCUT2D eigenvalue weighted by Gasteiger charge is 2.24. The average Bonchev–Trinajstić information content (AvgIpc) is 2.35. The molecule has 0 aromatic carbocycles. The maximum absolute atomic E-state index is 8.65. The van der Waals surface area contributed by atoms with Crippen LogP contribution in [0.1, 0.15) is 38.8 Å². The fourth-order valence-electron chi connectivity index (χ4n) is 2.22. The van der Waals surface area contributed by atoms with E-state index in [2.05, 4.69) is 34.3 Å². The lowest BCUT2D eigenvalue weighted by Gasteiger charge is -2.38. The smallest absolute Gasteiger partial charge is 0.159 e. The van der Waals surface area contributed by atoms with Crippen LogP contribution in [0, 0.1) is 11.3 Å². The first kappa shape index (κ1) is 11.8. The topological polar surface area (TPSA) is 64.8 Å². The minimum atomic E-state index is 0.343. The van der Waals surface area contributed by atoms with Gasteiger partial charge in [0.15, 0.2) is 11.5 Å². The Morgan fingerprint density at radius 3 is 2.53 bits per heavy atom. The van der Waals surface area contributed by atoms with Gasteiger partial charge >= 0.3 is 0 Å². The lowest BCUT2D eigenvalue weighted by atomic mass is 10.00. The molecule has 0 spiro atoms. The van der Waals surface area contributed by atoms with Crippen LogP contribution < -0.4 is 5.43 Å². The van der Waals surface area contributed by atoms with Crippen molar-refractivity contribution in [2.24, 2.45) is 0 Å². The zero-order chi connectivity index (χ0) is 12.3. The molecular formula is C12H17N5. The number of aromatic nitrogens is 2. The Kier molecular flexibility index (Phi) is 3.55. The van der Waals surface area contributed by atoms with Crippen molar-refractivity contribution in [3.63, 3.8) is 0 Å². The van der Waals surface area contributed by atoms with Gasteiger partial charge in [-0.15, -0.1) is 0 Å². The lowest BCUT2D eigenvalue weighted by molar-refractivity contribution is 0.135. The molecule has 0 amide bonds. The van der Waals surface area contributed by atoms with E-state index in [-0.39, 0.29) is 0 Å². The van der Waals surface area contributed by atoms with E-state index in [1.807, 2.05) is 6.07 Å². The number of hydrogen-bond donors (Lipinski definition) is 1. The van der Waals surface area contributed by atoms with E-state index in [9.17, 15) is 0 Å². The first-order valence-corrected chi connectivity index (χ1v) is 5.98. The van der Waals surface area contributed by atoms with E-state index in [1.54, 1.807) is 6.20 Å². The Bertz CT molecular complexity index is 398. The van der Waals surface area contributed by atoms with Crippen molar-refractivity contribution in [2.75, 3.05) is 5.43 Å². The number of nitrogens with zero attached hydrogens (tertiary/aromatic N) is 4. The number of hydrogen-bond acceptors (Lipinski definition) is 5. The predicted molar refractivity (Wildman–Crippen MR) is 65.0 cm³/mol. The van der Waals surface area contributed by atoms with Crippen molar-refractivity contribution >= 4 is 5.82 Å². The van der Waals surface area contributed by atoms with Crippen LogP contribution >= 0.6 is 0 Å². The number of piperidine rings is 1. The van der Waals surface area contributed by atoms with Gasteiger partial charge in [-0.25, -0.2) is 15.0 Å². The predicted octanol–water partition coefficient (Wildman–Crippen LogP) is 1.94. The molecule has 5 heteroatoms. The third-order valence-electron chi connectivity index (χ3n) is 3.20. The summed E-state index contributed by atoms with van der Waals surface area (Å²) in [5, 5.41) is 10.9. The SMILES string of the molecule is CC1CCCC(C)N1Nc1cnc(C#N)cn1. The largest absolute Gasteiger partial charge is 0.301 e. The molecule has 2 atom stereocenters. The van der Waals surface area contributed by atoms with Crippen LogP contribution in [0.25, 0.3) is 0 Å². The second kappa shape index (κ2) is 5.11. The van der Waals surface area contributed by atoms with E-state index < -0.39 is 0 Å². The number of nitrogens with one attached hydrogen (secondary N) is 1. The van der Waals surface area contributed by atoms with Gasteiger partial charge in [0.2, 0.25) is 0 Å². The molecule has 1 aliphatic rings. The number of rotatable bonds is 2. The fraction of sp³-hybridized carbons (Fsp3) is 0.583. The molecule has 0 aliphatic carbocycles. The van der Waals surface area contributed by atoms with Crippen LogP contribution in [-0.4, -0.2) is 27.1 Å². The Morgan fingerprint density at radius 2 is 2.00 bits per heavy atom. The zero-order valence-electron chi connectivity index (χ0n) is 10.2. The van der Waals surface area contributed by atoms with Gasteiger partial charge in [0.1, 0.15) is 6.07 Å². The molecule has 2 rings (SSSR count). The van der Waals surface area contributed by atoms with Crippen LogP contribution in [0.15, 0.2) is 12.4 Å². The van der Waals surface area contributed by atoms with Crippen molar-refractivity contribution in [1.82, 2.24) is 15.0 Å². The van der Waals surface area contributed by atoms with Gasteiger partial charge in [-0.05, 0) is 26.7 Å². The number of hydrazine groups is 1. The van der Waals surface area contributed by atoms with E-state index >= 15 is 0 Å². The van der Waals surface area contributed by atoms with Crippen molar-refractivity contribution in [3.05, 3.63) is 18.1 Å². The number of anilines is 1. The monoisotopic (exact) mass is 231 g/mol. The standard InChI is InChI=1S/C12H17N5/c1-9-4-3-5-10(2)17(9)16-12-8-14-11(6-13)7-15-12/h7-10H,3-5H2,1-2H3,(H,15,16). The Hall–Kier alpha value is -1.67. The quantitative estimate of drug-likeness (QED) is 0.842. The first-order valence-electron chi connectivity index (χ1n) is 5.98. The summed E-state index contributed by atoms with van der Waals surface area (Å²) in [6.07, 6.45) is 6.76. The number of nitriles is 1. The summed E-state index contributed by atoms with van der Waals surface area (Å²) >= 11 is 0. The molecule has 1 saturated heterocycles. The highest BCUT2D eigenvalue weighted by atomic mass is 15.5. The lowest BCUT2D eigenvalue weighted by Crippen LogP contribution is -2.47. The minimum Gasteiger partial charge on any atom is -0.301 e. The van der Waals surface area contributed by atoms with Gasteiger partial charge < -0.3 is 5.43 Å². The van der Waals surface area contributed by atoms with E-state index in [1.165, 1.54) is 25.5 Å². The summed E-state index contributed by atoms with van der Waals surface area (Å²) in [5.74, 6) is 0.699. The molecule has 1 fully saturated rings. The molecule has 5 nitrogen and oxygen atoms in total. The Balaban J connectivity index is 2.06. The molecular weight excluding hydrogens is 214 g/mol. The molecule has 0 radical (unpaired) electrons. The van der Waals surface area contributed by atoms with Gasteiger partial charge in [-0.3, -0.25) is 0 Å². The van der Waals surface area contributed by atoms with Gasteiger partial charge in [0.25, 0.3) is 0 Å². The van der Waals surface area contributed by atoms with Crippen molar-refractivity contribution in [1.29, 1.82) is 5.26 Å². The molecule has 0 bridgehead atoms. The maximum Gasteiger partial charge on any atom is 0.159 e. The van der Waals surface area contributed by atoms with Gasteiger partial charge in [-0.2, -0.15) is 5.26 Å². The van der Waals surface area contributed by atoms with E-state index in [4.69, 9.17) is 5.26 Å². The molecule has 1 aromatic heterocycles. The van der Waals surface area contributed by atoms with Gasteiger partial charge in [0, 0.05) is 12.1 Å². The van der Waals surface area contributed by atoms with Crippen LogP contribution in [0.5, 0.6) is 0 Å². The molecule has 1 N–H and O–H groups in total. The fourth-order valence-corrected chi connectivity index (χ4v) is 2.22. The van der Waals surface area contributed by atoms with Crippen molar-refractivity contribution in [2.45, 2.75) is 45.2 Å². The molecule has 90 valence electrons. The van der Waals surface area contributed by atoms with E-state index in [0.717, 1.165) is 0 Å². The summed E-state index contributed by atoms with van der Waals surface area (Å²) in [6, 6.07) is 2.95. The molecule has 0 saturated carbocycles. The molecule has 17 heavy (non-hydrogen) atoms. The van der Waals surface area contributed by atoms with Crippen LogP contribution in [0.3, 0.4) is 0 Å². The van der Waals surface area contributed by atoms with Crippen LogP contribution in [-0.2, 0) is 0 Å². The Labute approximate surface area is 101 Å². The first-order chi connectivity index (χ1) is 8.20.